The van der Waals surface area contributed by atoms with Crippen LogP contribution in [0.3, 0.4) is 0 Å². The molecule has 0 bridgehead atoms. The van der Waals surface area contributed by atoms with Crippen LogP contribution in [-0.4, -0.2) is 38.1 Å². The summed E-state index contributed by atoms with van der Waals surface area (Å²) in [5.41, 5.74) is 5.47. The number of hydrogen-bond donors (Lipinski definition) is 1. The molecule has 7 nitrogen and oxygen atoms in total. The second-order valence-corrected chi connectivity index (χ2v) is 9.34. The largest absolute Gasteiger partial charge is 0.487 e. The van der Waals surface area contributed by atoms with E-state index in [9.17, 15) is 4.79 Å². The molecule has 0 radical (unpaired) electrons. The van der Waals surface area contributed by atoms with Gasteiger partial charge in [0.1, 0.15) is 17.4 Å². The number of carbonyl (C=O) groups is 1. The Labute approximate surface area is 208 Å². The number of amides is 1. The predicted molar refractivity (Wildman–Crippen MR) is 142 cm³/mol. The number of hydrazone groups is 1. The van der Waals surface area contributed by atoms with E-state index in [1.165, 1.54) is 22.3 Å². The normalized spacial score (nSPS) is 16.4. The summed E-state index contributed by atoms with van der Waals surface area (Å²) in [6.07, 6.45) is 2.73. The summed E-state index contributed by atoms with van der Waals surface area (Å²) >= 11 is 1.25. The molecule has 2 aliphatic rings. The van der Waals surface area contributed by atoms with E-state index in [-0.39, 0.29) is 18.0 Å². The van der Waals surface area contributed by atoms with Crippen molar-refractivity contribution in [2.45, 2.75) is 27.2 Å². The third-order valence-electron chi connectivity index (χ3n) is 5.97. The first-order valence-corrected chi connectivity index (χ1v) is 12.2. The maximum absolute atomic E-state index is 12.9. The fourth-order valence-corrected chi connectivity index (χ4v) is 4.92. The Morgan fingerprint density at radius 1 is 1.09 bits per heavy atom. The van der Waals surface area contributed by atoms with Crippen molar-refractivity contribution in [1.82, 2.24) is 9.58 Å². The van der Waals surface area contributed by atoms with E-state index in [0.29, 0.717) is 10.2 Å². The van der Waals surface area contributed by atoms with Gasteiger partial charge in [0.25, 0.3) is 5.91 Å². The highest BCUT2D eigenvalue weighted by Crippen LogP contribution is 2.30. The van der Waals surface area contributed by atoms with Gasteiger partial charge in [0.15, 0.2) is 5.84 Å². The lowest BCUT2D eigenvalue weighted by atomic mass is 10.1. The highest BCUT2D eigenvalue weighted by molar-refractivity contribution is 8.27. The van der Waals surface area contributed by atoms with Gasteiger partial charge in [-0.1, -0.05) is 37.3 Å². The van der Waals surface area contributed by atoms with Crippen molar-refractivity contribution in [3.63, 3.8) is 0 Å². The Morgan fingerprint density at radius 3 is 2.54 bits per heavy atom. The van der Waals surface area contributed by atoms with E-state index in [0.717, 1.165) is 34.8 Å². The number of amidine groups is 2. The topological polar surface area (TPSA) is 83.0 Å². The number of hydrogen-bond acceptors (Lipinski definition) is 5. The number of thioether (sulfide) groups is 1. The number of aliphatic imine (C=N–C) groups is 1. The van der Waals surface area contributed by atoms with Gasteiger partial charge in [-0.15, -0.1) is 0 Å². The third kappa shape index (κ3) is 4.44. The van der Waals surface area contributed by atoms with Gasteiger partial charge in [-0.05, 0) is 79.6 Å². The average molecular weight is 484 g/mol. The maximum Gasteiger partial charge on any atom is 0.283 e. The fraction of sp³-hybridized carbons (Fsp3) is 0.185. The van der Waals surface area contributed by atoms with E-state index < -0.39 is 5.91 Å². The molecule has 1 N–H and O–H groups in total. The van der Waals surface area contributed by atoms with Crippen LogP contribution in [0.5, 0.6) is 5.75 Å². The fourth-order valence-electron chi connectivity index (χ4n) is 4.12. The molecule has 0 saturated heterocycles. The van der Waals surface area contributed by atoms with Crippen molar-refractivity contribution < 1.29 is 9.53 Å². The summed E-state index contributed by atoms with van der Waals surface area (Å²) in [6, 6.07) is 19.9. The average Bonchev–Trinajstić information content (AvgIpc) is 3.40. The maximum atomic E-state index is 12.9. The molecule has 5 rings (SSSR count). The molecular weight excluding hydrogens is 458 g/mol. The van der Waals surface area contributed by atoms with Crippen LogP contribution < -0.4 is 4.74 Å². The number of nitrogens with zero attached hydrogens (tertiary/aromatic N) is 4. The van der Waals surface area contributed by atoms with Crippen molar-refractivity contribution in [3.8, 4) is 11.4 Å². The number of para-hydroxylation sites is 1. The quantitative estimate of drug-likeness (QED) is 0.479. The molecule has 0 spiro atoms. The van der Waals surface area contributed by atoms with E-state index >= 15 is 0 Å². The SMILES string of the molecule is CCc1ccc(-n2c(C)cc(/C=C3/C(=N)N4N=C(COc5ccccc5)SC4=NC3=O)c2C)cc1. The number of fused-ring (bicyclic) bond motifs is 1. The molecule has 176 valence electrons. The van der Waals surface area contributed by atoms with Crippen molar-refractivity contribution in [2.24, 2.45) is 10.1 Å². The van der Waals surface area contributed by atoms with E-state index in [4.69, 9.17) is 10.1 Å². The molecule has 1 amide bonds. The highest BCUT2D eigenvalue weighted by atomic mass is 32.2. The van der Waals surface area contributed by atoms with Crippen LogP contribution in [0.15, 0.2) is 76.3 Å². The number of nitrogens with one attached hydrogen (secondary N) is 1. The second kappa shape index (κ2) is 9.38. The third-order valence-corrected chi connectivity index (χ3v) is 6.86. The van der Waals surface area contributed by atoms with Crippen LogP contribution >= 0.6 is 11.8 Å². The number of ether oxygens (including phenoxy) is 1. The standard InChI is InChI=1S/C27H25N5O2S/c1-4-19-10-12-21(13-11-19)31-17(2)14-20(18(31)3)15-23-25(28)32-27(29-26(23)33)35-24(30-32)16-34-22-8-6-5-7-9-22/h5-15,28H,4,16H2,1-3H3/b23-15-,28-25?. The Bertz CT molecular complexity index is 1400. The van der Waals surface area contributed by atoms with Gasteiger partial charge in [-0.3, -0.25) is 10.2 Å². The van der Waals surface area contributed by atoms with Gasteiger partial charge in [-0.25, -0.2) is 0 Å². The van der Waals surface area contributed by atoms with Gasteiger partial charge in [0, 0.05) is 17.1 Å². The van der Waals surface area contributed by atoms with Crippen LogP contribution in [0.4, 0.5) is 0 Å². The molecule has 0 fully saturated rings. The monoisotopic (exact) mass is 483 g/mol. The van der Waals surface area contributed by atoms with Crippen LogP contribution in [0.1, 0.15) is 29.4 Å². The van der Waals surface area contributed by atoms with E-state index in [2.05, 4.69) is 45.9 Å². The minimum Gasteiger partial charge on any atom is -0.487 e. The van der Waals surface area contributed by atoms with Crippen LogP contribution in [-0.2, 0) is 11.2 Å². The lowest BCUT2D eigenvalue weighted by Gasteiger charge is -2.20. The molecule has 0 unspecified atom stereocenters. The highest BCUT2D eigenvalue weighted by Gasteiger charge is 2.36. The molecule has 2 aliphatic heterocycles. The first-order chi connectivity index (χ1) is 16.9. The predicted octanol–water partition coefficient (Wildman–Crippen LogP) is 5.35. The van der Waals surface area contributed by atoms with Gasteiger partial charge in [0.2, 0.25) is 5.17 Å². The summed E-state index contributed by atoms with van der Waals surface area (Å²) in [4.78, 5) is 17.0. The summed E-state index contributed by atoms with van der Waals surface area (Å²) < 4.78 is 7.92. The molecule has 35 heavy (non-hydrogen) atoms. The molecule has 1 aromatic heterocycles. The van der Waals surface area contributed by atoms with Gasteiger partial charge < -0.3 is 9.30 Å². The van der Waals surface area contributed by atoms with Crippen molar-refractivity contribution in [2.75, 3.05) is 6.61 Å². The van der Waals surface area contributed by atoms with E-state index in [1.807, 2.05) is 50.2 Å². The first kappa shape index (κ1) is 22.9. The molecule has 0 atom stereocenters. The van der Waals surface area contributed by atoms with Crippen LogP contribution in [0.2, 0.25) is 0 Å². The van der Waals surface area contributed by atoms with Gasteiger partial charge in [-0.2, -0.15) is 15.1 Å². The number of rotatable bonds is 6. The van der Waals surface area contributed by atoms with Gasteiger partial charge in [0.05, 0.1) is 5.57 Å². The zero-order valence-electron chi connectivity index (χ0n) is 19.8. The zero-order chi connectivity index (χ0) is 24.5. The lowest BCUT2D eigenvalue weighted by Crippen LogP contribution is -2.35. The van der Waals surface area contributed by atoms with Crippen molar-refractivity contribution in [1.29, 1.82) is 5.41 Å². The second-order valence-electron chi connectivity index (χ2n) is 8.30. The number of benzene rings is 2. The molecule has 8 heteroatoms. The Morgan fingerprint density at radius 2 is 1.83 bits per heavy atom. The molecule has 3 aromatic rings. The lowest BCUT2D eigenvalue weighted by molar-refractivity contribution is -0.114. The summed E-state index contributed by atoms with van der Waals surface area (Å²) in [7, 11) is 0. The minimum atomic E-state index is -0.439. The Kier molecular flexibility index (Phi) is 6.13. The molecule has 0 aliphatic carbocycles. The summed E-state index contributed by atoms with van der Waals surface area (Å²) in [6.45, 7) is 6.43. The Hall–Kier alpha value is -3.91. The van der Waals surface area contributed by atoms with Crippen molar-refractivity contribution in [3.05, 3.63) is 88.8 Å². The van der Waals surface area contributed by atoms with Gasteiger partial charge >= 0.3 is 0 Å². The van der Waals surface area contributed by atoms with Crippen molar-refractivity contribution >= 4 is 39.8 Å². The molecular formula is C27H25N5O2S. The summed E-state index contributed by atoms with van der Waals surface area (Å²) in [5, 5.41) is 15.6. The number of aromatic nitrogens is 1. The molecule has 3 heterocycles. The first-order valence-electron chi connectivity index (χ1n) is 11.4. The molecule has 2 aromatic carbocycles. The molecule has 0 saturated carbocycles. The number of aryl methyl sites for hydroxylation is 2. The zero-order valence-corrected chi connectivity index (χ0v) is 20.6. The summed E-state index contributed by atoms with van der Waals surface area (Å²) in [5.74, 6) is 0.305. The Balaban J connectivity index is 1.40. The smallest absolute Gasteiger partial charge is 0.283 e. The van der Waals surface area contributed by atoms with Crippen LogP contribution in [0.25, 0.3) is 11.8 Å². The van der Waals surface area contributed by atoms with E-state index in [1.54, 1.807) is 6.08 Å². The minimum absolute atomic E-state index is 0.0133. The van der Waals surface area contributed by atoms with Crippen LogP contribution in [0, 0.1) is 19.3 Å². The number of carbonyl (C=O) groups excluding carboxylic acids is 1.